The van der Waals surface area contributed by atoms with E-state index in [1.54, 1.807) is 4.68 Å². The summed E-state index contributed by atoms with van der Waals surface area (Å²) in [5.74, 6) is 1.30. The van der Waals surface area contributed by atoms with Crippen molar-refractivity contribution >= 4 is 28.4 Å². The van der Waals surface area contributed by atoms with Crippen molar-refractivity contribution in [3.05, 3.63) is 77.3 Å². The molecule has 1 atom stereocenters. The molecule has 0 unspecified atom stereocenters. The molecule has 0 radical (unpaired) electrons. The molecule has 32 heavy (non-hydrogen) atoms. The highest BCUT2D eigenvalue weighted by atomic mass is 35.5. The van der Waals surface area contributed by atoms with Crippen LogP contribution in [0.1, 0.15) is 18.5 Å². The van der Waals surface area contributed by atoms with Crippen LogP contribution in [0.5, 0.6) is 11.5 Å². The predicted molar refractivity (Wildman–Crippen MR) is 124 cm³/mol. The number of rotatable bonds is 5. The van der Waals surface area contributed by atoms with Crippen LogP contribution in [0.3, 0.4) is 0 Å². The number of nitrogens with zero attached hydrogens (tertiary/aromatic N) is 2. The number of amides is 1. The van der Waals surface area contributed by atoms with Gasteiger partial charge in [-0.05, 0) is 42.8 Å². The number of aromatic nitrogens is 2. The van der Waals surface area contributed by atoms with E-state index in [4.69, 9.17) is 26.2 Å². The Morgan fingerprint density at radius 2 is 1.84 bits per heavy atom. The minimum atomic E-state index is -0.191. The minimum Gasteiger partial charge on any atom is -0.486 e. The Morgan fingerprint density at radius 1 is 1.06 bits per heavy atom. The summed E-state index contributed by atoms with van der Waals surface area (Å²) in [6, 6.07) is 21.0. The maximum absolute atomic E-state index is 12.9. The van der Waals surface area contributed by atoms with Crippen LogP contribution in [0.15, 0.2) is 66.7 Å². The Kier molecular flexibility index (Phi) is 5.45. The van der Waals surface area contributed by atoms with Gasteiger partial charge in [0.15, 0.2) is 11.5 Å². The lowest BCUT2D eigenvalue weighted by Gasteiger charge is -2.21. The van der Waals surface area contributed by atoms with E-state index in [1.165, 1.54) is 0 Å². The molecule has 1 N–H and O–H groups in total. The Balaban J connectivity index is 1.38. The number of halogens is 1. The number of hydrogen-bond acceptors (Lipinski definition) is 4. The zero-order chi connectivity index (χ0) is 22.1. The molecule has 2 heterocycles. The van der Waals surface area contributed by atoms with Gasteiger partial charge < -0.3 is 14.8 Å². The summed E-state index contributed by atoms with van der Waals surface area (Å²) in [6.45, 7) is 3.11. The van der Waals surface area contributed by atoms with Crippen LogP contribution in [0.25, 0.3) is 22.2 Å². The molecule has 6 nitrogen and oxygen atoms in total. The van der Waals surface area contributed by atoms with Crippen LogP contribution in [0.4, 0.5) is 0 Å². The number of carbonyl (C=O) groups excluding carboxylic acids is 1. The molecule has 1 amide bonds. The summed E-state index contributed by atoms with van der Waals surface area (Å²) in [7, 11) is 0. The lowest BCUT2D eigenvalue weighted by Crippen LogP contribution is -2.30. The Morgan fingerprint density at radius 3 is 2.66 bits per heavy atom. The molecule has 0 spiro atoms. The summed E-state index contributed by atoms with van der Waals surface area (Å²) in [5.41, 5.74) is 3.58. The number of hydrogen-bond donors (Lipinski definition) is 1. The van der Waals surface area contributed by atoms with Crippen LogP contribution in [-0.2, 0) is 11.3 Å². The van der Waals surface area contributed by atoms with Gasteiger partial charge in [0.1, 0.15) is 25.5 Å². The molecule has 1 aliphatic heterocycles. The summed E-state index contributed by atoms with van der Waals surface area (Å²) >= 11 is 6.24. The first-order chi connectivity index (χ1) is 15.6. The second kappa shape index (κ2) is 8.55. The van der Waals surface area contributed by atoms with Crippen LogP contribution in [0.2, 0.25) is 5.02 Å². The fourth-order valence-electron chi connectivity index (χ4n) is 3.92. The second-order valence-corrected chi connectivity index (χ2v) is 8.16. The standard InChI is InChI=1S/C25H22ClN3O3/c1-16(18-7-10-22-23(13-18)32-12-11-31-22)27-24(30)15-29-21-9-8-19(26)14-20(21)25(28-29)17-5-3-2-4-6-17/h2-10,13-14,16H,11-12,15H2,1H3,(H,27,30)/t16-/m0/s1. The number of carbonyl (C=O) groups is 1. The van der Waals surface area contributed by atoms with Gasteiger partial charge in [-0.1, -0.05) is 48.0 Å². The molecular weight excluding hydrogens is 426 g/mol. The zero-order valence-electron chi connectivity index (χ0n) is 17.5. The topological polar surface area (TPSA) is 65.4 Å². The first-order valence-corrected chi connectivity index (χ1v) is 10.9. The van der Waals surface area contributed by atoms with Crippen molar-refractivity contribution in [2.75, 3.05) is 13.2 Å². The second-order valence-electron chi connectivity index (χ2n) is 7.73. The lowest BCUT2D eigenvalue weighted by atomic mass is 10.1. The highest BCUT2D eigenvalue weighted by molar-refractivity contribution is 6.31. The van der Waals surface area contributed by atoms with Gasteiger partial charge >= 0.3 is 0 Å². The summed E-state index contributed by atoms with van der Waals surface area (Å²) in [4.78, 5) is 12.9. The predicted octanol–water partition coefficient (Wildman–Crippen LogP) is 5.01. The molecule has 4 aromatic rings. The molecule has 0 fully saturated rings. The molecule has 7 heteroatoms. The van der Waals surface area contributed by atoms with Crippen molar-refractivity contribution in [3.8, 4) is 22.8 Å². The van der Waals surface area contributed by atoms with Crippen molar-refractivity contribution < 1.29 is 14.3 Å². The molecule has 5 rings (SSSR count). The van der Waals surface area contributed by atoms with Gasteiger partial charge in [0.05, 0.1) is 11.6 Å². The van der Waals surface area contributed by atoms with Crippen LogP contribution in [0, 0.1) is 0 Å². The lowest BCUT2D eigenvalue weighted by molar-refractivity contribution is -0.122. The molecule has 0 saturated heterocycles. The van der Waals surface area contributed by atoms with Crippen molar-refractivity contribution in [3.63, 3.8) is 0 Å². The number of fused-ring (bicyclic) bond motifs is 2. The Labute approximate surface area is 190 Å². The van der Waals surface area contributed by atoms with Gasteiger partial charge in [-0.15, -0.1) is 0 Å². The maximum atomic E-state index is 12.9. The van der Waals surface area contributed by atoms with Crippen molar-refractivity contribution in [2.45, 2.75) is 19.5 Å². The number of benzene rings is 3. The average molecular weight is 448 g/mol. The van der Waals surface area contributed by atoms with Gasteiger partial charge in [0.2, 0.25) is 5.91 Å². The van der Waals surface area contributed by atoms with Crippen molar-refractivity contribution in [1.82, 2.24) is 15.1 Å². The van der Waals surface area contributed by atoms with Gasteiger partial charge in [0, 0.05) is 16.0 Å². The molecule has 1 aliphatic rings. The van der Waals surface area contributed by atoms with Crippen LogP contribution in [-0.4, -0.2) is 28.9 Å². The van der Waals surface area contributed by atoms with E-state index in [0.29, 0.717) is 24.0 Å². The molecule has 1 aromatic heterocycles. The third kappa shape index (κ3) is 4.01. The van der Waals surface area contributed by atoms with E-state index >= 15 is 0 Å². The largest absolute Gasteiger partial charge is 0.486 e. The summed E-state index contributed by atoms with van der Waals surface area (Å²) < 4.78 is 12.9. The maximum Gasteiger partial charge on any atom is 0.242 e. The average Bonchev–Trinajstić information content (AvgIpc) is 3.16. The van der Waals surface area contributed by atoms with Crippen LogP contribution >= 0.6 is 11.6 Å². The van der Waals surface area contributed by atoms with E-state index in [1.807, 2.05) is 73.7 Å². The molecular formula is C25H22ClN3O3. The van der Waals surface area contributed by atoms with Crippen molar-refractivity contribution in [2.24, 2.45) is 0 Å². The fourth-order valence-corrected chi connectivity index (χ4v) is 4.09. The summed E-state index contributed by atoms with van der Waals surface area (Å²) in [6.07, 6.45) is 0. The smallest absolute Gasteiger partial charge is 0.242 e. The first kappa shape index (κ1) is 20.4. The highest BCUT2D eigenvalue weighted by Crippen LogP contribution is 2.33. The number of ether oxygens (including phenoxy) is 2. The normalized spacial score (nSPS) is 13.7. The number of nitrogens with one attached hydrogen (secondary N) is 1. The molecule has 3 aromatic carbocycles. The SMILES string of the molecule is C[C@H](NC(=O)Cn1nc(-c2ccccc2)c2cc(Cl)ccc21)c1ccc2c(c1)OCCO2. The highest BCUT2D eigenvalue weighted by Gasteiger charge is 2.18. The third-order valence-corrected chi connectivity index (χ3v) is 5.73. The van der Waals surface area contributed by atoms with E-state index in [-0.39, 0.29) is 18.5 Å². The zero-order valence-corrected chi connectivity index (χ0v) is 18.3. The fraction of sp³-hybridized carbons (Fsp3) is 0.200. The monoisotopic (exact) mass is 447 g/mol. The quantitative estimate of drug-likeness (QED) is 0.467. The first-order valence-electron chi connectivity index (χ1n) is 10.5. The van der Waals surface area contributed by atoms with E-state index < -0.39 is 0 Å². The summed E-state index contributed by atoms with van der Waals surface area (Å²) in [5, 5.41) is 9.34. The third-order valence-electron chi connectivity index (χ3n) is 5.50. The molecule has 0 saturated carbocycles. The van der Waals surface area contributed by atoms with Gasteiger partial charge in [-0.3, -0.25) is 9.48 Å². The van der Waals surface area contributed by atoms with Gasteiger partial charge in [-0.2, -0.15) is 5.10 Å². The Bertz CT molecular complexity index is 1290. The molecule has 0 aliphatic carbocycles. The Hall–Kier alpha value is -3.51. The molecule has 0 bridgehead atoms. The van der Waals surface area contributed by atoms with Crippen LogP contribution < -0.4 is 14.8 Å². The van der Waals surface area contributed by atoms with Gasteiger partial charge in [-0.25, -0.2) is 0 Å². The van der Waals surface area contributed by atoms with E-state index in [2.05, 4.69) is 5.32 Å². The van der Waals surface area contributed by atoms with Crippen molar-refractivity contribution in [1.29, 1.82) is 0 Å². The van der Waals surface area contributed by atoms with E-state index in [9.17, 15) is 4.79 Å². The minimum absolute atomic E-state index is 0.0971. The van der Waals surface area contributed by atoms with Gasteiger partial charge in [0.25, 0.3) is 0 Å². The van der Waals surface area contributed by atoms with E-state index in [0.717, 1.165) is 33.5 Å². The molecule has 162 valence electrons.